The van der Waals surface area contributed by atoms with Gasteiger partial charge in [-0.2, -0.15) is 0 Å². The van der Waals surface area contributed by atoms with Crippen molar-refractivity contribution in [3.63, 3.8) is 0 Å². The number of hydrogen-bond donors (Lipinski definition) is 2. The zero-order valence-electron chi connectivity index (χ0n) is 14.2. The van der Waals surface area contributed by atoms with Gasteiger partial charge in [-0.15, -0.1) is 22.7 Å². The maximum atomic E-state index is 12.3. The number of carbonyl (C=O) groups excluding carboxylic acids is 2. The number of hydrogen-bond acceptors (Lipinski definition) is 6. The molecule has 144 valence electrons. The molecule has 1 aliphatic rings. The van der Waals surface area contributed by atoms with E-state index in [0.29, 0.717) is 50.3 Å². The van der Waals surface area contributed by atoms with Crippen LogP contribution in [0.15, 0.2) is 29.0 Å². The molecule has 1 saturated heterocycles. The predicted octanol–water partition coefficient (Wildman–Crippen LogP) is 4.28. The van der Waals surface area contributed by atoms with Gasteiger partial charge in [0, 0.05) is 34.4 Å². The van der Waals surface area contributed by atoms with Gasteiger partial charge in [-0.25, -0.2) is 14.8 Å². The van der Waals surface area contributed by atoms with E-state index >= 15 is 0 Å². The summed E-state index contributed by atoms with van der Waals surface area (Å²) in [4.78, 5) is 34.4. The van der Waals surface area contributed by atoms with E-state index in [1.165, 1.54) is 22.7 Å². The Balaban J connectivity index is 1.41. The van der Waals surface area contributed by atoms with Crippen LogP contribution < -0.4 is 15.5 Å². The zero-order chi connectivity index (χ0) is 19.7. The van der Waals surface area contributed by atoms with Crippen molar-refractivity contribution < 1.29 is 9.59 Å². The monoisotopic (exact) mass is 453 g/mol. The number of amides is 3. The molecule has 11 heteroatoms. The second-order valence-corrected chi connectivity index (χ2v) is 8.43. The lowest BCUT2D eigenvalue weighted by molar-refractivity contribution is -0.115. The van der Waals surface area contributed by atoms with E-state index in [9.17, 15) is 9.59 Å². The number of rotatable bonds is 5. The third-order valence-corrected chi connectivity index (χ3v) is 6.16. The first-order valence-corrected chi connectivity index (χ1v) is 10.7. The van der Waals surface area contributed by atoms with Crippen LogP contribution in [0.2, 0.25) is 10.0 Å². The van der Waals surface area contributed by atoms with Gasteiger partial charge in [0.2, 0.25) is 5.91 Å². The minimum Gasteiger partial charge on any atom is -0.336 e. The first-order valence-electron chi connectivity index (χ1n) is 8.20. The quantitative estimate of drug-likeness (QED) is 0.603. The fourth-order valence-electron chi connectivity index (χ4n) is 2.63. The highest BCUT2D eigenvalue weighted by Crippen LogP contribution is 2.32. The van der Waals surface area contributed by atoms with Crippen LogP contribution in [-0.2, 0) is 11.2 Å². The number of nitrogens with one attached hydrogen (secondary N) is 2. The van der Waals surface area contributed by atoms with Gasteiger partial charge in [-0.1, -0.05) is 23.2 Å². The number of halogens is 2. The van der Waals surface area contributed by atoms with Gasteiger partial charge in [0.15, 0.2) is 10.3 Å². The topological polar surface area (TPSA) is 87.2 Å². The molecule has 0 atom stereocenters. The second-order valence-electron chi connectivity index (χ2n) is 5.89. The Bertz CT molecular complexity index is 1050. The summed E-state index contributed by atoms with van der Waals surface area (Å²) >= 11 is 14.9. The molecule has 1 fully saturated rings. The average Bonchev–Trinajstić information content (AvgIpc) is 3.38. The normalized spacial score (nSPS) is 13.6. The van der Waals surface area contributed by atoms with E-state index in [1.54, 1.807) is 33.9 Å². The number of nitrogens with zero attached hydrogens (tertiary/aromatic N) is 3. The Morgan fingerprint density at radius 2 is 2.11 bits per heavy atom. The molecule has 2 N–H and O–H groups in total. The van der Waals surface area contributed by atoms with Crippen LogP contribution in [0, 0.1) is 0 Å². The van der Waals surface area contributed by atoms with Crippen molar-refractivity contribution in [1.29, 1.82) is 0 Å². The van der Waals surface area contributed by atoms with Crippen molar-refractivity contribution in [2.45, 2.75) is 6.42 Å². The summed E-state index contributed by atoms with van der Waals surface area (Å²) in [7, 11) is 0. The van der Waals surface area contributed by atoms with Crippen LogP contribution in [0.1, 0.15) is 5.69 Å². The standard InChI is InChI=1S/C17H13Cl2N5O2S2/c18-9-1-2-12(19)11(5-9)13-8-27-15(22-13)23-14(25)6-10-7-28-17(21-10)24-4-3-20-16(24)26/h1-2,5,7-8H,3-4,6H2,(H,20,26)(H,22,23,25). The minimum atomic E-state index is -0.235. The maximum Gasteiger partial charge on any atom is 0.323 e. The van der Waals surface area contributed by atoms with Crippen molar-refractivity contribution >= 4 is 68.1 Å². The molecular formula is C17H13Cl2N5O2S2. The average molecular weight is 454 g/mol. The molecule has 3 aromatic rings. The summed E-state index contributed by atoms with van der Waals surface area (Å²) in [6.45, 7) is 1.17. The molecule has 0 saturated carbocycles. The van der Waals surface area contributed by atoms with Gasteiger partial charge < -0.3 is 10.6 Å². The Morgan fingerprint density at radius 1 is 1.25 bits per heavy atom. The number of anilines is 2. The molecule has 1 aliphatic heterocycles. The van der Waals surface area contributed by atoms with Crippen molar-refractivity contribution in [2.75, 3.05) is 23.3 Å². The number of aromatic nitrogens is 2. The van der Waals surface area contributed by atoms with E-state index in [-0.39, 0.29) is 18.4 Å². The molecule has 0 aliphatic carbocycles. The molecule has 0 spiro atoms. The Kier molecular flexibility index (Phi) is 5.49. The molecule has 1 aromatic carbocycles. The van der Waals surface area contributed by atoms with Crippen LogP contribution >= 0.6 is 45.9 Å². The van der Waals surface area contributed by atoms with E-state index in [2.05, 4.69) is 20.6 Å². The highest BCUT2D eigenvalue weighted by Gasteiger charge is 2.24. The fraction of sp³-hybridized carbons (Fsp3) is 0.176. The van der Waals surface area contributed by atoms with E-state index in [0.717, 1.165) is 0 Å². The smallest absolute Gasteiger partial charge is 0.323 e. The first-order chi connectivity index (χ1) is 13.5. The predicted molar refractivity (Wildman–Crippen MR) is 113 cm³/mol. The van der Waals surface area contributed by atoms with Crippen molar-refractivity contribution in [1.82, 2.24) is 15.3 Å². The third-order valence-electron chi connectivity index (χ3n) is 3.92. The molecule has 4 rings (SSSR count). The van der Waals surface area contributed by atoms with Crippen LogP contribution in [-0.4, -0.2) is 35.0 Å². The van der Waals surface area contributed by atoms with E-state index in [4.69, 9.17) is 23.2 Å². The third kappa shape index (κ3) is 4.12. The van der Waals surface area contributed by atoms with Gasteiger partial charge in [-0.05, 0) is 18.2 Å². The van der Waals surface area contributed by atoms with Gasteiger partial charge >= 0.3 is 6.03 Å². The van der Waals surface area contributed by atoms with Crippen molar-refractivity contribution in [3.05, 3.63) is 44.7 Å². The second kappa shape index (κ2) is 8.04. The molecule has 0 radical (unpaired) electrons. The van der Waals surface area contributed by atoms with Gasteiger partial charge in [0.25, 0.3) is 0 Å². The summed E-state index contributed by atoms with van der Waals surface area (Å²) in [5, 5.41) is 11.2. The molecule has 28 heavy (non-hydrogen) atoms. The lowest BCUT2D eigenvalue weighted by atomic mass is 10.2. The number of carbonyl (C=O) groups is 2. The summed E-state index contributed by atoms with van der Waals surface area (Å²) in [5.74, 6) is -0.235. The molecule has 7 nitrogen and oxygen atoms in total. The number of benzene rings is 1. The molecule has 2 aromatic heterocycles. The Hall–Kier alpha value is -2.20. The largest absolute Gasteiger partial charge is 0.336 e. The number of thiazole rings is 2. The van der Waals surface area contributed by atoms with Crippen LogP contribution in [0.5, 0.6) is 0 Å². The first kappa shape index (κ1) is 19.1. The molecule has 3 heterocycles. The van der Waals surface area contributed by atoms with Crippen LogP contribution in [0.25, 0.3) is 11.3 Å². The lowest BCUT2D eigenvalue weighted by Crippen LogP contribution is -2.27. The summed E-state index contributed by atoms with van der Waals surface area (Å²) in [6.07, 6.45) is 0.0960. The summed E-state index contributed by atoms with van der Waals surface area (Å²) in [6, 6.07) is 4.98. The van der Waals surface area contributed by atoms with Crippen LogP contribution in [0.4, 0.5) is 15.1 Å². The Labute approximate surface area is 178 Å². The van der Waals surface area contributed by atoms with E-state index in [1.807, 2.05) is 0 Å². The summed E-state index contributed by atoms with van der Waals surface area (Å²) in [5.41, 5.74) is 1.95. The Morgan fingerprint density at radius 3 is 2.89 bits per heavy atom. The lowest BCUT2D eigenvalue weighted by Gasteiger charge is -2.08. The molecule has 0 unspecified atom stereocenters. The maximum absolute atomic E-state index is 12.3. The van der Waals surface area contributed by atoms with Crippen molar-refractivity contribution in [3.8, 4) is 11.3 Å². The fourth-order valence-corrected chi connectivity index (χ4v) is 4.59. The summed E-state index contributed by atoms with van der Waals surface area (Å²) < 4.78 is 0. The molecule has 3 amide bonds. The van der Waals surface area contributed by atoms with Crippen LogP contribution in [0.3, 0.4) is 0 Å². The molecular weight excluding hydrogens is 441 g/mol. The highest BCUT2D eigenvalue weighted by atomic mass is 35.5. The van der Waals surface area contributed by atoms with Crippen molar-refractivity contribution in [2.24, 2.45) is 0 Å². The van der Waals surface area contributed by atoms with E-state index < -0.39 is 0 Å². The zero-order valence-corrected chi connectivity index (χ0v) is 17.4. The SMILES string of the molecule is O=C(Cc1csc(N2CCNC2=O)n1)Nc1nc(-c2cc(Cl)ccc2Cl)cs1. The molecule has 0 bridgehead atoms. The van der Waals surface area contributed by atoms with Gasteiger partial charge in [-0.3, -0.25) is 9.69 Å². The number of urea groups is 1. The minimum absolute atomic E-state index is 0.0960. The highest BCUT2D eigenvalue weighted by molar-refractivity contribution is 7.14. The van der Waals surface area contributed by atoms with Gasteiger partial charge in [0.1, 0.15) is 0 Å². The van der Waals surface area contributed by atoms with Gasteiger partial charge in [0.05, 0.1) is 22.8 Å².